The topological polar surface area (TPSA) is 95.9 Å². The number of carbonyl (C=O) groups excluding carboxylic acids is 1. The normalized spacial score (nSPS) is 25.2. The maximum atomic E-state index is 11.0. The van der Waals surface area contributed by atoms with Gasteiger partial charge in [0.15, 0.2) is 0 Å². The number of hydrogen-bond donors (Lipinski definition) is 3. The van der Waals surface area contributed by atoms with Crippen LogP contribution in [0.2, 0.25) is 0 Å². The van der Waals surface area contributed by atoms with E-state index < -0.39 is 12.6 Å². The van der Waals surface area contributed by atoms with Crippen LogP contribution in [0.3, 0.4) is 0 Å². The lowest BCUT2D eigenvalue weighted by Crippen LogP contribution is -2.47. The third-order valence-electron chi connectivity index (χ3n) is 1.94. The van der Waals surface area contributed by atoms with Gasteiger partial charge in [-0.2, -0.15) is 0 Å². The zero-order valence-electron chi connectivity index (χ0n) is 7.60. The molecule has 1 fully saturated rings. The second-order valence-corrected chi connectivity index (χ2v) is 3.28. The summed E-state index contributed by atoms with van der Waals surface area (Å²) in [6, 6.07) is 0.00549. The van der Waals surface area contributed by atoms with Crippen molar-refractivity contribution >= 4 is 11.9 Å². The molecule has 1 aliphatic rings. The number of carboxylic acid groups (broad SMARTS) is 1. The molecule has 0 aromatic carbocycles. The molecule has 0 spiro atoms. The van der Waals surface area contributed by atoms with E-state index in [0.717, 1.165) is 0 Å². The highest BCUT2D eigenvalue weighted by atomic mass is 16.5. The van der Waals surface area contributed by atoms with Gasteiger partial charge in [-0.1, -0.05) is 0 Å². The maximum Gasteiger partial charge on any atom is 0.329 e. The number of aliphatic hydroxyl groups excluding tert-OH is 1. The highest BCUT2D eigenvalue weighted by Crippen LogP contribution is 2.18. The van der Waals surface area contributed by atoms with Crippen LogP contribution in [-0.4, -0.2) is 47.4 Å². The zero-order valence-corrected chi connectivity index (χ0v) is 7.60. The van der Waals surface area contributed by atoms with Gasteiger partial charge in [-0.05, 0) is 12.8 Å². The number of ether oxygens (including phenoxy) is 1. The summed E-state index contributed by atoms with van der Waals surface area (Å²) in [6.07, 6.45) is 0.801. The highest BCUT2D eigenvalue weighted by molar-refractivity contribution is 5.78. The molecule has 80 valence electrons. The number of aliphatic hydroxyl groups is 1. The summed E-state index contributed by atoms with van der Waals surface area (Å²) in [5.74, 6) is -1.44. The lowest BCUT2D eigenvalue weighted by Gasteiger charge is -2.31. The molecule has 0 atom stereocenters. The number of hydrogen-bond acceptors (Lipinski definition) is 4. The summed E-state index contributed by atoms with van der Waals surface area (Å²) in [5, 5.41) is 19.7. The van der Waals surface area contributed by atoms with E-state index in [0.29, 0.717) is 12.8 Å². The molecule has 0 bridgehead atoms. The Bertz CT molecular complexity index is 224. The predicted molar refractivity (Wildman–Crippen MR) is 45.6 cm³/mol. The standard InChI is InChI=1S/C8H13NO5/c10-6-1-5(2-6)9-7(11)3-14-4-8(12)13/h5-6,10H,1-4H2,(H,9,11)(H,12,13). The van der Waals surface area contributed by atoms with E-state index in [9.17, 15) is 9.59 Å². The Morgan fingerprint density at radius 2 is 2.00 bits per heavy atom. The van der Waals surface area contributed by atoms with Crippen LogP contribution in [0.15, 0.2) is 0 Å². The molecule has 0 unspecified atom stereocenters. The van der Waals surface area contributed by atoms with E-state index in [1.165, 1.54) is 0 Å². The van der Waals surface area contributed by atoms with Crippen molar-refractivity contribution in [1.29, 1.82) is 0 Å². The van der Waals surface area contributed by atoms with Crippen LogP contribution in [0.1, 0.15) is 12.8 Å². The Morgan fingerprint density at radius 3 is 2.50 bits per heavy atom. The molecule has 1 rings (SSSR count). The summed E-state index contributed by atoms with van der Waals surface area (Å²) >= 11 is 0. The molecule has 6 heteroatoms. The smallest absolute Gasteiger partial charge is 0.329 e. The molecule has 0 heterocycles. The minimum atomic E-state index is -1.10. The molecule has 14 heavy (non-hydrogen) atoms. The molecule has 0 saturated heterocycles. The molecular weight excluding hydrogens is 190 g/mol. The molecular formula is C8H13NO5. The Balaban J connectivity index is 2.02. The first-order chi connectivity index (χ1) is 6.58. The lowest BCUT2D eigenvalue weighted by atomic mass is 9.89. The van der Waals surface area contributed by atoms with E-state index >= 15 is 0 Å². The average molecular weight is 203 g/mol. The number of carboxylic acids is 1. The maximum absolute atomic E-state index is 11.0. The van der Waals surface area contributed by atoms with Crippen molar-refractivity contribution < 1.29 is 24.5 Å². The van der Waals surface area contributed by atoms with Crippen LogP contribution >= 0.6 is 0 Å². The van der Waals surface area contributed by atoms with Crippen LogP contribution < -0.4 is 5.32 Å². The van der Waals surface area contributed by atoms with Gasteiger partial charge < -0.3 is 20.3 Å². The van der Waals surface area contributed by atoms with E-state index in [-0.39, 0.29) is 24.7 Å². The van der Waals surface area contributed by atoms with Gasteiger partial charge >= 0.3 is 5.97 Å². The number of aliphatic carboxylic acids is 1. The molecule has 1 saturated carbocycles. The first-order valence-electron chi connectivity index (χ1n) is 4.35. The van der Waals surface area contributed by atoms with Crippen molar-refractivity contribution in [3.05, 3.63) is 0 Å². The third kappa shape index (κ3) is 3.71. The molecule has 3 N–H and O–H groups in total. The summed E-state index contributed by atoms with van der Waals surface area (Å²) in [7, 11) is 0. The number of amides is 1. The highest BCUT2D eigenvalue weighted by Gasteiger charge is 2.28. The van der Waals surface area contributed by atoms with Crippen LogP contribution in [0.4, 0.5) is 0 Å². The van der Waals surface area contributed by atoms with Gasteiger partial charge in [0.2, 0.25) is 5.91 Å². The van der Waals surface area contributed by atoms with Crippen LogP contribution in [0.25, 0.3) is 0 Å². The zero-order chi connectivity index (χ0) is 10.6. The van der Waals surface area contributed by atoms with E-state index in [2.05, 4.69) is 10.1 Å². The first-order valence-corrected chi connectivity index (χ1v) is 4.35. The minimum Gasteiger partial charge on any atom is -0.480 e. The second-order valence-electron chi connectivity index (χ2n) is 3.28. The fourth-order valence-corrected chi connectivity index (χ4v) is 1.21. The SMILES string of the molecule is O=C(O)COCC(=O)NC1CC(O)C1. The quantitative estimate of drug-likeness (QED) is 0.517. The Hall–Kier alpha value is -1.14. The fraction of sp³-hybridized carbons (Fsp3) is 0.750. The van der Waals surface area contributed by atoms with Crippen molar-refractivity contribution in [2.45, 2.75) is 25.0 Å². The molecule has 1 aliphatic carbocycles. The fourth-order valence-electron chi connectivity index (χ4n) is 1.21. The molecule has 1 amide bonds. The van der Waals surface area contributed by atoms with Gasteiger partial charge in [-0.3, -0.25) is 4.79 Å². The molecule has 6 nitrogen and oxygen atoms in total. The Morgan fingerprint density at radius 1 is 1.36 bits per heavy atom. The second kappa shape index (κ2) is 4.92. The van der Waals surface area contributed by atoms with Gasteiger partial charge in [0.25, 0.3) is 0 Å². The minimum absolute atomic E-state index is 0.00549. The van der Waals surface area contributed by atoms with Gasteiger partial charge in [-0.25, -0.2) is 4.79 Å². The van der Waals surface area contributed by atoms with E-state index in [1.807, 2.05) is 0 Å². The lowest BCUT2D eigenvalue weighted by molar-refractivity contribution is -0.143. The van der Waals surface area contributed by atoms with Crippen LogP contribution in [0, 0.1) is 0 Å². The van der Waals surface area contributed by atoms with Crippen LogP contribution in [0.5, 0.6) is 0 Å². The number of carbonyl (C=O) groups is 2. The average Bonchev–Trinajstić information content (AvgIpc) is 2.00. The number of rotatable bonds is 5. The molecule has 0 radical (unpaired) electrons. The van der Waals surface area contributed by atoms with Gasteiger partial charge in [0.1, 0.15) is 13.2 Å². The summed E-state index contributed by atoms with van der Waals surface area (Å²) in [4.78, 5) is 21.0. The Labute approximate surface area is 80.9 Å². The summed E-state index contributed by atoms with van der Waals surface area (Å²) < 4.78 is 4.58. The van der Waals surface area contributed by atoms with Crippen molar-refractivity contribution in [2.24, 2.45) is 0 Å². The van der Waals surface area contributed by atoms with Crippen molar-refractivity contribution in [3.8, 4) is 0 Å². The molecule has 0 aliphatic heterocycles. The van der Waals surface area contributed by atoms with Gasteiger partial charge in [-0.15, -0.1) is 0 Å². The Kier molecular flexibility index (Phi) is 3.84. The van der Waals surface area contributed by atoms with Crippen LogP contribution in [-0.2, 0) is 14.3 Å². The summed E-state index contributed by atoms with van der Waals surface area (Å²) in [5.41, 5.74) is 0. The van der Waals surface area contributed by atoms with Crippen molar-refractivity contribution in [1.82, 2.24) is 5.32 Å². The first kappa shape index (κ1) is 10.9. The molecule has 0 aromatic rings. The van der Waals surface area contributed by atoms with Gasteiger partial charge in [0.05, 0.1) is 6.10 Å². The largest absolute Gasteiger partial charge is 0.480 e. The predicted octanol–water partition coefficient (Wildman–Crippen LogP) is -1.27. The van der Waals surface area contributed by atoms with Crippen molar-refractivity contribution in [3.63, 3.8) is 0 Å². The van der Waals surface area contributed by atoms with Crippen molar-refractivity contribution in [2.75, 3.05) is 13.2 Å². The van der Waals surface area contributed by atoms with E-state index in [4.69, 9.17) is 10.2 Å². The monoisotopic (exact) mass is 203 g/mol. The third-order valence-corrected chi connectivity index (χ3v) is 1.94. The van der Waals surface area contributed by atoms with E-state index in [1.54, 1.807) is 0 Å². The number of nitrogens with one attached hydrogen (secondary N) is 1. The van der Waals surface area contributed by atoms with Gasteiger partial charge in [0, 0.05) is 6.04 Å². The summed E-state index contributed by atoms with van der Waals surface area (Å²) in [6.45, 7) is -0.723. The molecule has 0 aromatic heterocycles.